The predicted molar refractivity (Wildman–Crippen MR) is 101 cm³/mol. The summed E-state index contributed by atoms with van der Waals surface area (Å²) in [6, 6.07) is 11.4. The van der Waals surface area contributed by atoms with Crippen molar-refractivity contribution in [1.82, 2.24) is 0 Å². The molecule has 0 aromatic heterocycles. The molecule has 0 spiro atoms. The summed E-state index contributed by atoms with van der Waals surface area (Å²) >= 11 is 6.19. The van der Waals surface area contributed by atoms with Gasteiger partial charge in [0.1, 0.15) is 10.7 Å². The van der Waals surface area contributed by atoms with Gasteiger partial charge in [-0.05, 0) is 68.1 Å². The number of imide groups is 1. The summed E-state index contributed by atoms with van der Waals surface area (Å²) in [7, 11) is 0. The molecule has 1 aliphatic heterocycles. The van der Waals surface area contributed by atoms with Gasteiger partial charge in [0.05, 0.1) is 5.69 Å². The Hall–Kier alpha value is -2.59. The van der Waals surface area contributed by atoms with Crippen molar-refractivity contribution in [3.05, 3.63) is 69.4 Å². The minimum absolute atomic E-state index is 0.0925. The van der Waals surface area contributed by atoms with Gasteiger partial charge < -0.3 is 5.32 Å². The van der Waals surface area contributed by atoms with Gasteiger partial charge in [0.2, 0.25) is 0 Å². The van der Waals surface area contributed by atoms with Gasteiger partial charge in [0, 0.05) is 5.69 Å². The number of carbonyl (C=O) groups is 2. The maximum atomic E-state index is 12.9. The smallest absolute Gasteiger partial charge is 0.283 e. The van der Waals surface area contributed by atoms with E-state index >= 15 is 0 Å². The quantitative estimate of drug-likeness (QED) is 0.833. The number of carbonyl (C=O) groups excluding carboxylic acids is 2. The van der Waals surface area contributed by atoms with Gasteiger partial charge in [-0.2, -0.15) is 0 Å². The van der Waals surface area contributed by atoms with Crippen molar-refractivity contribution in [3.8, 4) is 0 Å². The average Bonchev–Trinajstić information content (AvgIpc) is 2.73. The Morgan fingerprint density at radius 2 is 1.48 bits per heavy atom. The van der Waals surface area contributed by atoms with Crippen LogP contribution in [0, 0.1) is 27.7 Å². The third kappa shape index (κ3) is 3.17. The highest BCUT2D eigenvalue weighted by Gasteiger charge is 2.39. The molecule has 3 rings (SSSR count). The van der Waals surface area contributed by atoms with E-state index in [9.17, 15) is 9.59 Å². The Morgan fingerprint density at radius 3 is 2.12 bits per heavy atom. The molecule has 2 amide bonds. The van der Waals surface area contributed by atoms with Crippen LogP contribution in [-0.4, -0.2) is 11.8 Å². The molecule has 0 atom stereocenters. The first-order chi connectivity index (χ1) is 11.8. The Morgan fingerprint density at radius 1 is 0.840 bits per heavy atom. The van der Waals surface area contributed by atoms with Gasteiger partial charge in [-0.1, -0.05) is 29.8 Å². The summed E-state index contributed by atoms with van der Waals surface area (Å²) in [4.78, 5) is 26.5. The lowest BCUT2D eigenvalue weighted by molar-refractivity contribution is -0.120. The Labute approximate surface area is 152 Å². The van der Waals surface area contributed by atoms with Crippen LogP contribution in [0.25, 0.3) is 0 Å². The second-order valence-electron chi connectivity index (χ2n) is 6.42. The summed E-state index contributed by atoms with van der Waals surface area (Å²) in [5.74, 6) is -0.953. The lowest BCUT2D eigenvalue weighted by Crippen LogP contribution is -2.32. The molecular weight excluding hydrogens is 336 g/mol. The highest BCUT2D eigenvalue weighted by atomic mass is 35.5. The summed E-state index contributed by atoms with van der Waals surface area (Å²) in [5.41, 5.74) is 5.37. The normalized spacial score (nSPS) is 14.5. The van der Waals surface area contributed by atoms with Gasteiger partial charge in [-0.25, -0.2) is 4.90 Å². The third-order valence-electron chi connectivity index (χ3n) is 4.14. The van der Waals surface area contributed by atoms with E-state index in [1.165, 1.54) is 0 Å². The molecule has 0 radical (unpaired) electrons. The van der Waals surface area contributed by atoms with Crippen molar-refractivity contribution in [2.75, 3.05) is 10.2 Å². The predicted octanol–water partition coefficient (Wildman–Crippen LogP) is 4.36. The number of rotatable bonds is 3. The van der Waals surface area contributed by atoms with Gasteiger partial charge >= 0.3 is 0 Å². The number of hydrogen-bond donors (Lipinski definition) is 1. The van der Waals surface area contributed by atoms with E-state index in [4.69, 9.17) is 11.6 Å². The standard InChI is InChI=1S/C20H19ClN2O2/c1-11-5-6-14(4)16(10-11)22-18-17(21)19(24)23(20(18)25)15-8-12(2)7-13(3)9-15/h5-10,22H,1-4H3. The fraction of sp³-hybridized carbons (Fsp3) is 0.200. The van der Waals surface area contributed by atoms with Crippen molar-refractivity contribution in [1.29, 1.82) is 0 Å². The number of aryl methyl sites for hydroxylation is 4. The van der Waals surface area contributed by atoms with Crippen molar-refractivity contribution in [3.63, 3.8) is 0 Å². The molecule has 0 saturated heterocycles. The van der Waals surface area contributed by atoms with Crippen molar-refractivity contribution in [2.24, 2.45) is 0 Å². The van der Waals surface area contributed by atoms with Crippen LogP contribution in [0.4, 0.5) is 11.4 Å². The van der Waals surface area contributed by atoms with Gasteiger partial charge in [-0.3, -0.25) is 9.59 Å². The monoisotopic (exact) mass is 354 g/mol. The molecule has 0 saturated carbocycles. The molecule has 1 N–H and O–H groups in total. The molecule has 0 aliphatic carbocycles. The Kier molecular flexibility index (Phi) is 4.39. The van der Waals surface area contributed by atoms with Gasteiger partial charge in [-0.15, -0.1) is 0 Å². The number of anilines is 2. The third-order valence-corrected chi connectivity index (χ3v) is 4.50. The minimum Gasteiger partial charge on any atom is -0.349 e. The zero-order chi connectivity index (χ0) is 18.3. The van der Waals surface area contributed by atoms with Crippen LogP contribution in [0.2, 0.25) is 0 Å². The first-order valence-corrected chi connectivity index (χ1v) is 8.37. The summed E-state index contributed by atoms with van der Waals surface area (Å²) in [6.07, 6.45) is 0. The van der Waals surface area contributed by atoms with Crippen molar-refractivity contribution in [2.45, 2.75) is 27.7 Å². The fourth-order valence-corrected chi connectivity index (χ4v) is 3.14. The highest BCUT2D eigenvalue weighted by Crippen LogP contribution is 2.32. The number of benzene rings is 2. The number of amides is 2. The van der Waals surface area contributed by atoms with Crippen LogP contribution in [0.1, 0.15) is 22.3 Å². The number of nitrogens with one attached hydrogen (secondary N) is 1. The second kappa shape index (κ2) is 6.37. The summed E-state index contributed by atoms with van der Waals surface area (Å²) in [6.45, 7) is 7.74. The Balaban J connectivity index is 1.98. The van der Waals surface area contributed by atoms with E-state index < -0.39 is 11.8 Å². The van der Waals surface area contributed by atoms with Crippen LogP contribution >= 0.6 is 11.6 Å². The molecule has 25 heavy (non-hydrogen) atoms. The molecule has 2 aromatic rings. The van der Waals surface area contributed by atoms with E-state index in [-0.39, 0.29) is 10.7 Å². The van der Waals surface area contributed by atoms with Crippen LogP contribution < -0.4 is 10.2 Å². The lowest BCUT2D eigenvalue weighted by atomic mass is 10.1. The maximum absolute atomic E-state index is 12.9. The molecular formula is C20H19ClN2O2. The van der Waals surface area contributed by atoms with Crippen molar-refractivity contribution >= 4 is 34.8 Å². The van der Waals surface area contributed by atoms with Crippen LogP contribution in [-0.2, 0) is 9.59 Å². The topological polar surface area (TPSA) is 49.4 Å². The highest BCUT2D eigenvalue weighted by molar-refractivity contribution is 6.53. The molecule has 1 aliphatic rings. The van der Waals surface area contributed by atoms with E-state index in [2.05, 4.69) is 5.32 Å². The van der Waals surface area contributed by atoms with E-state index in [0.29, 0.717) is 5.69 Å². The zero-order valence-corrected chi connectivity index (χ0v) is 15.4. The zero-order valence-electron chi connectivity index (χ0n) is 14.6. The van der Waals surface area contributed by atoms with Gasteiger partial charge in [0.15, 0.2) is 0 Å². The second-order valence-corrected chi connectivity index (χ2v) is 6.80. The molecule has 0 unspecified atom stereocenters. The molecule has 5 heteroatoms. The molecule has 2 aromatic carbocycles. The first-order valence-electron chi connectivity index (χ1n) is 7.99. The van der Waals surface area contributed by atoms with Crippen LogP contribution in [0.5, 0.6) is 0 Å². The number of hydrogen-bond acceptors (Lipinski definition) is 3. The van der Waals surface area contributed by atoms with Gasteiger partial charge in [0.25, 0.3) is 11.8 Å². The summed E-state index contributed by atoms with van der Waals surface area (Å²) in [5, 5.41) is 2.95. The Bertz CT molecular complexity index is 911. The first kappa shape index (κ1) is 17.2. The van der Waals surface area contributed by atoms with Crippen molar-refractivity contribution < 1.29 is 9.59 Å². The molecule has 0 fully saturated rings. The van der Waals surface area contributed by atoms with Crippen LogP contribution in [0.15, 0.2) is 47.1 Å². The average molecular weight is 355 g/mol. The number of halogens is 1. The lowest BCUT2D eigenvalue weighted by Gasteiger charge is -2.17. The molecule has 1 heterocycles. The minimum atomic E-state index is -0.510. The summed E-state index contributed by atoms with van der Waals surface area (Å²) < 4.78 is 0. The SMILES string of the molecule is Cc1cc(C)cc(N2C(=O)C(Cl)=C(Nc3cc(C)ccc3C)C2=O)c1. The molecule has 128 valence electrons. The number of nitrogens with zero attached hydrogens (tertiary/aromatic N) is 1. The fourth-order valence-electron chi connectivity index (χ4n) is 2.93. The van der Waals surface area contributed by atoms with E-state index in [0.717, 1.165) is 32.8 Å². The van der Waals surface area contributed by atoms with E-state index in [1.54, 1.807) is 12.1 Å². The maximum Gasteiger partial charge on any atom is 0.283 e. The molecule has 4 nitrogen and oxygen atoms in total. The molecule has 0 bridgehead atoms. The van der Waals surface area contributed by atoms with Crippen LogP contribution in [0.3, 0.4) is 0 Å². The van der Waals surface area contributed by atoms with E-state index in [1.807, 2.05) is 52.0 Å². The largest absolute Gasteiger partial charge is 0.349 e.